The standard InChI is InChI=1S/C13H20O/c1-2-4-6-8-10-12-13(14-12)11-9-7-5-3-1/h4-7,12-13H,1-3,8-11H2/b6-4-,7-5+. The molecule has 2 rings (SSSR count). The fraction of sp³-hybridized carbons (Fsp3) is 0.692. The van der Waals surface area contributed by atoms with Crippen molar-refractivity contribution in [2.75, 3.05) is 0 Å². The van der Waals surface area contributed by atoms with Gasteiger partial charge in [0, 0.05) is 0 Å². The van der Waals surface area contributed by atoms with Gasteiger partial charge in [0.05, 0.1) is 12.2 Å². The van der Waals surface area contributed by atoms with Crippen molar-refractivity contribution < 1.29 is 4.74 Å². The summed E-state index contributed by atoms with van der Waals surface area (Å²) in [5, 5.41) is 0. The van der Waals surface area contributed by atoms with Crippen molar-refractivity contribution in [2.45, 2.75) is 57.2 Å². The predicted octanol–water partition coefficient (Wildman–Crippen LogP) is 3.61. The van der Waals surface area contributed by atoms with Crippen LogP contribution in [-0.4, -0.2) is 12.2 Å². The highest BCUT2D eigenvalue weighted by Crippen LogP contribution is 2.30. The predicted molar refractivity (Wildman–Crippen MR) is 59.3 cm³/mol. The second kappa shape index (κ2) is 5.35. The van der Waals surface area contributed by atoms with E-state index in [1.54, 1.807) is 0 Å². The summed E-state index contributed by atoms with van der Waals surface area (Å²) in [5.74, 6) is 0. The Hall–Kier alpha value is -0.560. The van der Waals surface area contributed by atoms with Gasteiger partial charge in [0.1, 0.15) is 0 Å². The third kappa shape index (κ3) is 3.30. The van der Waals surface area contributed by atoms with Crippen LogP contribution in [0.5, 0.6) is 0 Å². The fourth-order valence-corrected chi connectivity index (χ4v) is 2.03. The number of hydrogen-bond donors (Lipinski definition) is 0. The molecule has 1 nitrogen and oxygen atoms in total. The van der Waals surface area contributed by atoms with Crippen LogP contribution in [0, 0.1) is 0 Å². The molecular weight excluding hydrogens is 172 g/mol. The quantitative estimate of drug-likeness (QED) is 0.422. The maximum absolute atomic E-state index is 5.59. The van der Waals surface area contributed by atoms with Gasteiger partial charge in [-0.1, -0.05) is 24.3 Å². The molecular formula is C13H20O. The first-order valence-corrected chi connectivity index (χ1v) is 5.92. The molecule has 2 atom stereocenters. The Morgan fingerprint density at radius 1 is 0.714 bits per heavy atom. The van der Waals surface area contributed by atoms with E-state index >= 15 is 0 Å². The van der Waals surface area contributed by atoms with Crippen molar-refractivity contribution in [3.05, 3.63) is 24.3 Å². The third-order valence-electron chi connectivity index (χ3n) is 3.00. The lowest BCUT2D eigenvalue weighted by Gasteiger charge is -1.90. The van der Waals surface area contributed by atoms with Gasteiger partial charge in [-0.15, -0.1) is 0 Å². The van der Waals surface area contributed by atoms with Crippen molar-refractivity contribution in [2.24, 2.45) is 0 Å². The fourth-order valence-electron chi connectivity index (χ4n) is 2.03. The SMILES string of the molecule is C1=C\CCC2OC2CC/C=C/CCC/1. The van der Waals surface area contributed by atoms with Gasteiger partial charge < -0.3 is 4.74 Å². The second-order valence-electron chi connectivity index (χ2n) is 4.24. The molecule has 0 N–H and O–H groups in total. The van der Waals surface area contributed by atoms with Gasteiger partial charge in [0.25, 0.3) is 0 Å². The summed E-state index contributed by atoms with van der Waals surface area (Å²) >= 11 is 0. The van der Waals surface area contributed by atoms with Crippen LogP contribution >= 0.6 is 0 Å². The summed E-state index contributed by atoms with van der Waals surface area (Å²) in [6.07, 6.45) is 19.1. The zero-order valence-electron chi connectivity index (χ0n) is 8.82. The van der Waals surface area contributed by atoms with Crippen LogP contribution in [0.2, 0.25) is 0 Å². The van der Waals surface area contributed by atoms with Crippen LogP contribution in [-0.2, 0) is 4.74 Å². The molecule has 0 aromatic rings. The first kappa shape index (κ1) is 9.97. The van der Waals surface area contributed by atoms with Crippen LogP contribution in [0.15, 0.2) is 24.3 Å². The molecule has 1 heteroatoms. The Morgan fingerprint density at radius 3 is 1.79 bits per heavy atom. The molecule has 0 aromatic carbocycles. The lowest BCUT2D eigenvalue weighted by atomic mass is 10.1. The molecule has 1 aliphatic carbocycles. The molecule has 0 saturated carbocycles. The monoisotopic (exact) mass is 192 g/mol. The molecule has 2 unspecified atom stereocenters. The average molecular weight is 192 g/mol. The second-order valence-corrected chi connectivity index (χ2v) is 4.24. The smallest absolute Gasteiger partial charge is 0.0845 e. The molecule has 0 amide bonds. The van der Waals surface area contributed by atoms with Crippen molar-refractivity contribution >= 4 is 0 Å². The van der Waals surface area contributed by atoms with E-state index < -0.39 is 0 Å². The molecule has 0 spiro atoms. The van der Waals surface area contributed by atoms with Crippen LogP contribution in [0.3, 0.4) is 0 Å². The number of hydrogen-bond acceptors (Lipinski definition) is 1. The lowest BCUT2D eigenvalue weighted by molar-refractivity contribution is 0.357. The molecule has 0 bridgehead atoms. The molecule has 1 heterocycles. The van der Waals surface area contributed by atoms with Crippen LogP contribution in [0.4, 0.5) is 0 Å². The highest BCUT2D eigenvalue weighted by molar-refractivity contribution is 4.93. The topological polar surface area (TPSA) is 12.5 Å². The summed E-state index contributed by atoms with van der Waals surface area (Å²) in [6.45, 7) is 0. The minimum Gasteiger partial charge on any atom is -0.370 e. The largest absolute Gasteiger partial charge is 0.370 e. The van der Waals surface area contributed by atoms with Gasteiger partial charge >= 0.3 is 0 Å². The number of epoxide rings is 1. The average Bonchev–Trinajstić information content (AvgIpc) is 2.92. The minimum atomic E-state index is 0.578. The van der Waals surface area contributed by atoms with Crippen LogP contribution < -0.4 is 0 Å². The Morgan fingerprint density at radius 2 is 1.21 bits per heavy atom. The van der Waals surface area contributed by atoms with Gasteiger partial charge in [-0.25, -0.2) is 0 Å². The zero-order valence-corrected chi connectivity index (χ0v) is 8.82. The Kier molecular flexibility index (Phi) is 3.81. The Balaban J connectivity index is 1.77. The Labute approximate surface area is 86.8 Å². The normalized spacial score (nSPS) is 38.3. The van der Waals surface area contributed by atoms with Crippen molar-refractivity contribution in [1.29, 1.82) is 0 Å². The zero-order chi connectivity index (χ0) is 9.64. The van der Waals surface area contributed by atoms with Gasteiger partial charge in [0.15, 0.2) is 0 Å². The maximum atomic E-state index is 5.59. The number of allylic oxidation sites excluding steroid dienone is 4. The Bertz CT molecular complexity index is 195. The number of rotatable bonds is 0. The lowest BCUT2D eigenvalue weighted by Crippen LogP contribution is -1.92. The summed E-state index contributed by atoms with van der Waals surface area (Å²) in [6, 6.07) is 0. The molecule has 0 radical (unpaired) electrons. The molecule has 14 heavy (non-hydrogen) atoms. The van der Waals surface area contributed by atoms with E-state index in [1.165, 1.54) is 44.9 Å². The maximum Gasteiger partial charge on any atom is 0.0845 e. The van der Waals surface area contributed by atoms with E-state index in [4.69, 9.17) is 4.74 Å². The van der Waals surface area contributed by atoms with Crippen LogP contribution in [0.1, 0.15) is 44.9 Å². The molecule has 1 fully saturated rings. The van der Waals surface area contributed by atoms with E-state index in [1.807, 2.05) is 0 Å². The van der Waals surface area contributed by atoms with E-state index in [-0.39, 0.29) is 0 Å². The third-order valence-corrected chi connectivity index (χ3v) is 3.00. The molecule has 1 aliphatic heterocycles. The molecule has 2 aliphatic rings. The van der Waals surface area contributed by atoms with Crippen molar-refractivity contribution in [1.82, 2.24) is 0 Å². The summed E-state index contributed by atoms with van der Waals surface area (Å²) in [7, 11) is 0. The van der Waals surface area contributed by atoms with Crippen molar-refractivity contribution in [3.63, 3.8) is 0 Å². The highest BCUT2D eigenvalue weighted by Gasteiger charge is 2.36. The van der Waals surface area contributed by atoms with E-state index in [9.17, 15) is 0 Å². The highest BCUT2D eigenvalue weighted by atomic mass is 16.6. The number of fused-ring (bicyclic) bond motifs is 1. The molecule has 1 saturated heterocycles. The van der Waals surface area contributed by atoms with Gasteiger partial charge in [-0.3, -0.25) is 0 Å². The van der Waals surface area contributed by atoms with E-state index in [2.05, 4.69) is 24.3 Å². The van der Waals surface area contributed by atoms with Crippen LogP contribution in [0.25, 0.3) is 0 Å². The summed E-state index contributed by atoms with van der Waals surface area (Å²) in [5.41, 5.74) is 0. The summed E-state index contributed by atoms with van der Waals surface area (Å²) < 4.78 is 5.59. The first-order chi connectivity index (χ1) is 6.97. The summed E-state index contributed by atoms with van der Waals surface area (Å²) in [4.78, 5) is 0. The van der Waals surface area contributed by atoms with E-state index in [0.717, 1.165) is 0 Å². The van der Waals surface area contributed by atoms with Gasteiger partial charge in [-0.2, -0.15) is 0 Å². The molecule has 78 valence electrons. The number of ether oxygens (including phenoxy) is 1. The van der Waals surface area contributed by atoms with Gasteiger partial charge in [-0.05, 0) is 44.9 Å². The van der Waals surface area contributed by atoms with Crippen molar-refractivity contribution in [3.8, 4) is 0 Å². The van der Waals surface area contributed by atoms with Gasteiger partial charge in [0.2, 0.25) is 0 Å². The minimum absolute atomic E-state index is 0.578. The van der Waals surface area contributed by atoms with E-state index in [0.29, 0.717) is 12.2 Å². The first-order valence-electron chi connectivity index (χ1n) is 5.92. The molecule has 0 aromatic heterocycles.